The van der Waals surface area contributed by atoms with E-state index in [4.69, 9.17) is 14.2 Å². The molecule has 1 aliphatic rings. The first kappa shape index (κ1) is 19.8. The molecule has 2 aromatic carbocycles. The number of fused-ring (bicyclic) bond motifs is 1. The molecule has 0 radical (unpaired) electrons. The zero-order chi connectivity index (χ0) is 20.3. The van der Waals surface area contributed by atoms with E-state index in [9.17, 15) is 13.2 Å². The number of sulfonamides is 1. The van der Waals surface area contributed by atoms with Gasteiger partial charge in [0.25, 0.3) is 0 Å². The van der Waals surface area contributed by atoms with Crippen LogP contribution in [0.4, 0.5) is 11.4 Å². The van der Waals surface area contributed by atoms with Crippen LogP contribution in [0.2, 0.25) is 0 Å². The van der Waals surface area contributed by atoms with Crippen molar-refractivity contribution in [2.75, 3.05) is 42.7 Å². The summed E-state index contributed by atoms with van der Waals surface area (Å²) in [7, 11) is -2.21. The number of nitrogens with zero attached hydrogens (tertiary/aromatic N) is 1. The molecule has 1 N–H and O–H groups in total. The summed E-state index contributed by atoms with van der Waals surface area (Å²) in [5.74, 6) is 0.976. The van der Waals surface area contributed by atoms with Crippen LogP contribution in [0.1, 0.15) is 5.56 Å². The van der Waals surface area contributed by atoms with Crippen molar-refractivity contribution >= 4 is 27.3 Å². The lowest BCUT2D eigenvalue weighted by Gasteiger charge is -2.25. The van der Waals surface area contributed by atoms with Gasteiger partial charge in [0.05, 0.1) is 24.7 Å². The number of methoxy groups -OCH3 is 1. The molecule has 8 nitrogen and oxygen atoms in total. The second kappa shape index (κ2) is 7.97. The first-order chi connectivity index (χ1) is 13.3. The van der Waals surface area contributed by atoms with Gasteiger partial charge < -0.3 is 19.5 Å². The molecule has 1 aliphatic heterocycles. The predicted octanol–water partition coefficient (Wildman–Crippen LogP) is 2.18. The summed E-state index contributed by atoms with van der Waals surface area (Å²) in [6.07, 6.45) is 1.05. The molecular weight excluding hydrogens is 384 g/mol. The Morgan fingerprint density at radius 1 is 1.14 bits per heavy atom. The number of ether oxygens (including phenoxy) is 3. The highest BCUT2D eigenvalue weighted by atomic mass is 32.2. The van der Waals surface area contributed by atoms with Crippen LogP contribution in [0.3, 0.4) is 0 Å². The van der Waals surface area contributed by atoms with Gasteiger partial charge in [-0.2, -0.15) is 0 Å². The van der Waals surface area contributed by atoms with Crippen LogP contribution in [0.25, 0.3) is 0 Å². The van der Waals surface area contributed by atoms with E-state index in [1.165, 1.54) is 7.11 Å². The smallest absolute Gasteiger partial charge is 0.245 e. The van der Waals surface area contributed by atoms with Gasteiger partial charge in [-0.15, -0.1) is 0 Å². The average molecular weight is 406 g/mol. The highest BCUT2D eigenvalue weighted by Gasteiger charge is 2.23. The van der Waals surface area contributed by atoms with Crippen molar-refractivity contribution in [3.05, 3.63) is 42.0 Å². The summed E-state index contributed by atoms with van der Waals surface area (Å²) in [6, 6.07) is 10.1. The van der Waals surface area contributed by atoms with Crippen LogP contribution in [-0.4, -0.2) is 47.4 Å². The van der Waals surface area contributed by atoms with E-state index in [1.54, 1.807) is 30.3 Å². The van der Waals surface area contributed by atoms with Gasteiger partial charge in [-0.25, -0.2) is 8.42 Å². The molecule has 0 spiro atoms. The van der Waals surface area contributed by atoms with Crippen molar-refractivity contribution in [1.82, 2.24) is 0 Å². The molecule has 0 aliphatic carbocycles. The Balaban J connectivity index is 1.84. The third-order valence-electron chi connectivity index (χ3n) is 4.13. The first-order valence-corrected chi connectivity index (χ1v) is 10.4. The van der Waals surface area contributed by atoms with Gasteiger partial charge in [0.1, 0.15) is 25.5 Å². The normalized spacial score (nSPS) is 13.0. The molecule has 150 valence electrons. The van der Waals surface area contributed by atoms with E-state index in [2.05, 4.69) is 5.32 Å². The van der Waals surface area contributed by atoms with E-state index in [1.807, 2.05) is 13.0 Å². The minimum Gasteiger partial charge on any atom is -0.495 e. The van der Waals surface area contributed by atoms with Gasteiger partial charge in [-0.3, -0.25) is 9.10 Å². The van der Waals surface area contributed by atoms with Crippen molar-refractivity contribution in [2.45, 2.75) is 6.92 Å². The molecule has 28 heavy (non-hydrogen) atoms. The lowest BCUT2D eigenvalue weighted by atomic mass is 10.2. The van der Waals surface area contributed by atoms with Crippen LogP contribution in [-0.2, 0) is 14.8 Å². The van der Waals surface area contributed by atoms with Gasteiger partial charge >= 0.3 is 0 Å². The quantitative estimate of drug-likeness (QED) is 0.790. The largest absolute Gasteiger partial charge is 0.495 e. The van der Waals surface area contributed by atoms with Gasteiger partial charge in [0.15, 0.2) is 11.5 Å². The van der Waals surface area contributed by atoms with E-state index in [-0.39, 0.29) is 0 Å². The first-order valence-electron chi connectivity index (χ1n) is 8.60. The number of aryl methyl sites for hydroxylation is 1. The topological polar surface area (TPSA) is 94.2 Å². The average Bonchev–Trinajstić information content (AvgIpc) is 2.65. The zero-order valence-electron chi connectivity index (χ0n) is 15.9. The maximum absolute atomic E-state index is 12.6. The van der Waals surface area contributed by atoms with Crippen molar-refractivity contribution in [1.29, 1.82) is 0 Å². The minimum atomic E-state index is -3.71. The Morgan fingerprint density at radius 3 is 2.54 bits per heavy atom. The second-order valence-electron chi connectivity index (χ2n) is 6.35. The molecule has 2 aromatic rings. The van der Waals surface area contributed by atoms with Crippen molar-refractivity contribution < 1.29 is 27.4 Å². The van der Waals surface area contributed by atoms with Crippen LogP contribution in [0, 0.1) is 6.92 Å². The Morgan fingerprint density at radius 2 is 1.86 bits per heavy atom. The molecule has 0 saturated carbocycles. The fourth-order valence-electron chi connectivity index (χ4n) is 2.83. The molecule has 0 fully saturated rings. The number of carbonyl (C=O) groups is 1. The standard InChI is InChI=1S/C19H22N2O6S/c1-13-4-6-16(25-2)15(10-13)20-19(22)12-21(28(3,23)24)14-5-7-17-18(11-14)27-9-8-26-17/h4-7,10-11H,8-9,12H2,1-3H3,(H,20,22). The van der Waals surface area contributed by atoms with Gasteiger partial charge in [-0.05, 0) is 36.8 Å². The van der Waals surface area contributed by atoms with Gasteiger partial charge in [-0.1, -0.05) is 6.07 Å². The number of nitrogens with one attached hydrogen (secondary N) is 1. The van der Waals surface area contributed by atoms with E-state index in [0.29, 0.717) is 41.8 Å². The number of rotatable bonds is 6. The second-order valence-corrected chi connectivity index (χ2v) is 8.26. The Labute approximate surface area is 164 Å². The zero-order valence-corrected chi connectivity index (χ0v) is 16.7. The van der Waals surface area contributed by atoms with E-state index in [0.717, 1.165) is 16.1 Å². The lowest BCUT2D eigenvalue weighted by molar-refractivity contribution is -0.114. The summed E-state index contributed by atoms with van der Waals surface area (Å²) in [4.78, 5) is 12.6. The van der Waals surface area contributed by atoms with Crippen LogP contribution < -0.4 is 23.8 Å². The van der Waals surface area contributed by atoms with Crippen LogP contribution in [0.15, 0.2) is 36.4 Å². The summed E-state index contributed by atoms with van der Waals surface area (Å²) in [5.41, 5.74) is 1.73. The maximum Gasteiger partial charge on any atom is 0.245 e. The Bertz CT molecular complexity index is 990. The van der Waals surface area contributed by atoms with Crippen molar-refractivity contribution in [3.63, 3.8) is 0 Å². The highest BCUT2D eigenvalue weighted by molar-refractivity contribution is 7.92. The van der Waals surface area contributed by atoms with E-state index < -0.39 is 22.5 Å². The monoisotopic (exact) mass is 406 g/mol. The maximum atomic E-state index is 12.6. The summed E-state index contributed by atoms with van der Waals surface area (Å²) in [5, 5.41) is 2.71. The van der Waals surface area contributed by atoms with Crippen LogP contribution >= 0.6 is 0 Å². The summed E-state index contributed by atoms with van der Waals surface area (Å²) < 4.78 is 41.9. The number of amides is 1. The minimum absolute atomic E-state index is 0.318. The summed E-state index contributed by atoms with van der Waals surface area (Å²) in [6.45, 7) is 2.30. The molecule has 9 heteroatoms. The number of hydrogen-bond acceptors (Lipinski definition) is 6. The fraction of sp³-hybridized carbons (Fsp3) is 0.316. The predicted molar refractivity (Wildman–Crippen MR) is 106 cm³/mol. The molecule has 0 unspecified atom stereocenters. The molecule has 0 saturated heterocycles. The highest BCUT2D eigenvalue weighted by Crippen LogP contribution is 2.34. The fourth-order valence-corrected chi connectivity index (χ4v) is 3.68. The lowest BCUT2D eigenvalue weighted by Crippen LogP contribution is -2.37. The molecule has 0 bridgehead atoms. The van der Waals surface area contributed by atoms with Crippen LogP contribution in [0.5, 0.6) is 17.2 Å². The number of carbonyl (C=O) groups excluding carboxylic acids is 1. The number of benzene rings is 2. The molecule has 0 aromatic heterocycles. The Hall–Kier alpha value is -2.94. The molecule has 3 rings (SSSR count). The molecular formula is C19H22N2O6S. The Kier molecular flexibility index (Phi) is 5.64. The third kappa shape index (κ3) is 4.48. The molecule has 0 atom stereocenters. The third-order valence-corrected chi connectivity index (χ3v) is 5.27. The van der Waals surface area contributed by atoms with Crippen molar-refractivity contribution in [2.24, 2.45) is 0 Å². The summed E-state index contributed by atoms with van der Waals surface area (Å²) >= 11 is 0. The van der Waals surface area contributed by atoms with E-state index >= 15 is 0 Å². The number of anilines is 2. The van der Waals surface area contributed by atoms with Gasteiger partial charge in [0, 0.05) is 6.07 Å². The SMILES string of the molecule is COc1ccc(C)cc1NC(=O)CN(c1ccc2c(c1)OCCO2)S(C)(=O)=O. The van der Waals surface area contributed by atoms with Crippen molar-refractivity contribution in [3.8, 4) is 17.2 Å². The molecule has 1 heterocycles. The number of hydrogen-bond donors (Lipinski definition) is 1. The molecule has 1 amide bonds. The van der Waals surface area contributed by atoms with Gasteiger partial charge in [0.2, 0.25) is 15.9 Å².